The maximum Gasteiger partial charge on any atom is 0.306 e. The van der Waals surface area contributed by atoms with Crippen LogP contribution in [0.5, 0.6) is 0 Å². The summed E-state index contributed by atoms with van der Waals surface area (Å²) in [4.78, 5) is 37.5. The van der Waals surface area contributed by atoms with Gasteiger partial charge in [-0.25, -0.2) is 0 Å². The Morgan fingerprint density at radius 2 is 0.687 bits per heavy atom. The first-order valence-corrected chi connectivity index (χ1v) is 35.8. The third kappa shape index (κ3) is 66.6. The van der Waals surface area contributed by atoms with Crippen LogP contribution < -0.4 is 5.11 Å². The van der Waals surface area contributed by atoms with Crippen molar-refractivity contribution in [2.45, 2.75) is 360 Å². The Balaban J connectivity index is 3.99. The number of hydrogen-bond donors (Lipinski definition) is 0. The molecule has 0 aliphatic rings. The standard InChI is InChI=1S/C74H137NO8/c1-6-8-10-12-14-16-18-20-22-24-26-28-29-30-31-32-33-34-35-36-37-38-39-40-41-42-43-45-47-49-51-53-55-57-59-61-63-65-72(77)83-70(69-82-74(73(78)79)80-67-66-75(3,4)5)68-81-71(76)64-62-60-58-56-54-52-50-48-46-44-27-25-23-21-19-17-15-13-11-9-7-2/h8,10,14,16,20,22,26,28,70,74H,6-7,9,11-13,15,17-19,21,23-25,27,29-69H2,1-5H3/b10-8-,16-14-,22-20-,28-26-. The number of carboxylic acids is 1. The van der Waals surface area contributed by atoms with Crippen molar-refractivity contribution in [2.24, 2.45) is 0 Å². The highest BCUT2D eigenvalue weighted by Crippen LogP contribution is 2.19. The molecule has 486 valence electrons. The predicted octanol–water partition coefficient (Wildman–Crippen LogP) is 20.8. The number of quaternary nitrogens is 1. The number of nitrogens with zero attached hydrogens (tertiary/aromatic N) is 1. The molecule has 0 aromatic rings. The maximum atomic E-state index is 12.9. The van der Waals surface area contributed by atoms with Gasteiger partial charge in [-0.1, -0.05) is 332 Å². The molecule has 0 N–H and O–H groups in total. The molecule has 0 aliphatic carbocycles. The van der Waals surface area contributed by atoms with Crippen LogP contribution in [0.25, 0.3) is 0 Å². The molecular formula is C74H137NO8. The zero-order chi connectivity index (χ0) is 60.5. The van der Waals surface area contributed by atoms with E-state index in [4.69, 9.17) is 18.9 Å². The summed E-state index contributed by atoms with van der Waals surface area (Å²) >= 11 is 0. The van der Waals surface area contributed by atoms with Gasteiger partial charge >= 0.3 is 11.9 Å². The highest BCUT2D eigenvalue weighted by atomic mass is 16.7. The Hall–Kier alpha value is -2.75. The average Bonchev–Trinajstić information content (AvgIpc) is 3.46. The first-order chi connectivity index (χ1) is 40.6. The molecule has 2 atom stereocenters. The summed E-state index contributed by atoms with van der Waals surface area (Å²) in [7, 11) is 5.94. The number of unbranched alkanes of at least 4 members (excludes halogenated alkanes) is 44. The van der Waals surface area contributed by atoms with Crippen molar-refractivity contribution in [1.29, 1.82) is 0 Å². The Morgan fingerprint density at radius 3 is 1.02 bits per heavy atom. The van der Waals surface area contributed by atoms with Gasteiger partial charge in [0.2, 0.25) is 0 Å². The normalized spacial score (nSPS) is 12.9. The monoisotopic (exact) mass is 1170 g/mol. The van der Waals surface area contributed by atoms with Gasteiger partial charge in [-0.3, -0.25) is 9.59 Å². The van der Waals surface area contributed by atoms with E-state index in [9.17, 15) is 19.5 Å². The number of allylic oxidation sites excluding steroid dienone is 8. The highest BCUT2D eigenvalue weighted by Gasteiger charge is 2.22. The van der Waals surface area contributed by atoms with Crippen molar-refractivity contribution in [2.75, 3.05) is 47.5 Å². The molecule has 0 rings (SSSR count). The number of carbonyl (C=O) groups is 3. The van der Waals surface area contributed by atoms with Crippen LogP contribution in [-0.4, -0.2) is 82.3 Å². The number of carbonyl (C=O) groups excluding carboxylic acids is 3. The van der Waals surface area contributed by atoms with Crippen LogP contribution in [0.3, 0.4) is 0 Å². The summed E-state index contributed by atoms with van der Waals surface area (Å²) in [6.45, 7) is 4.70. The lowest BCUT2D eigenvalue weighted by atomic mass is 10.0. The van der Waals surface area contributed by atoms with Crippen LogP contribution in [0, 0.1) is 0 Å². The Morgan fingerprint density at radius 1 is 0.373 bits per heavy atom. The summed E-state index contributed by atoms with van der Waals surface area (Å²) in [5.74, 6) is -2.25. The van der Waals surface area contributed by atoms with Crippen LogP contribution in [0.2, 0.25) is 0 Å². The molecule has 0 aromatic heterocycles. The first-order valence-electron chi connectivity index (χ1n) is 35.8. The van der Waals surface area contributed by atoms with Gasteiger partial charge in [-0.2, -0.15) is 0 Å². The number of aliphatic carboxylic acids is 1. The fourth-order valence-electron chi connectivity index (χ4n) is 10.7. The van der Waals surface area contributed by atoms with E-state index >= 15 is 0 Å². The summed E-state index contributed by atoms with van der Waals surface area (Å²) in [5.41, 5.74) is 0. The molecule has 83 heavy (non-hydrogen) atoms. The summed E-state index contributed by atoms with van der Waals surface area (Å²) in [5, 5.41) is 11.8. The van der Waals surface area contributed by atoms with E-state index in [2.05, 4.69) is 62.5 Å². The average molecular weight is 1170 g/mol. The predicted molar refractivity (Wildman–Crippen MR) is 352 cm³/mol. The lowest BCUT2D eigenvalue weighted by Gasteiger charge is -2.26. The number of carboxylic acid groups (broad SMARTS) is 1. The maximum absolute atomic E-state index is 12.9. The second kappa shape index (κ2) is 65.2. The first kappa shape index (κ1) is 80.2. The largest absolute Gasteiger partial charge is 0.545 e. The lowest BCUT2D eigenvalue weighted by molar-refractivity contribution is -0.870. The van der Waals surface area contributed by atoms with Gasteiger partial charge in [-0.15, -0.1) is 0 Å². The molecule has 0 radical (unpaired) electrons. The highest BCUT2D eigenvalue weighted by molar-refractivity contribution is 5.70. The molecule has 9 heteroatoms. The van der Waals surface area contributed by atoms with E-state index in [0.717, 1.165) is 64.2 Å². The van der Waals surface area contributed by atoms with Gasteiger partial charge in [0.1, 0.15) is 13.2 Å². The Labute approximate surface area is 514 Å². The van der Waals surface area contributed by atoms with E-state index in [1.165, 1.54) is 257 Å². The molecule has 0 spiro atoms. The quantitative estimate of drug-likeness (QED) is 0.0195. The third-order valence-electron chi connectivity index (χ3n) is 16.1. The number of ether oxygens (including phenoxy) is 4. The van der Waals surface area contributed by atoms with Crippen LogP contribution in [0.15, 0.2) is 48.6 Å². The molecular weight excluding hydrogens is 1030 g/mol. The van der Waals surface area contributed by atoms with E-state index < -0.39 is 24.3 Å². The van der Waals surface area contributed by atoms with Crippen LogP contribution >= 0.6 is 0 Å². The Bertz CT molecular complexity index is 1500. The number of esters is 2. The van der Waals surface area contributed by atoms with Gasteiger partial charge in [0.25, 0.3) is 0 Å². The van der Waals surface area contributed by atoms with Crippen molar-refractivity contribution < 1.29 is 42.9 Å². The summed E-state index contributed by atoms with van der Waals surface area (Å²) in [6, 6.07) is 0. The number of hydrogen-bond acceptors (Lipinski definition) is 8. The molecule has 0 amide bonds. The van der Waals surface area contributed by atoms with Crippen molar-refractivity contribution in [1.82, 2.24) is 0 Å². The van der Waals surface area contributed by atoms with Crippen LogP contribution in [0.4, 0.5) is 0 Å². The van der Waals surface area contributed by atoms with E-state index in [1.807, 2.05) is 21.1 Å². The smallest absolute Gasteiger partial charge is 0.306 e. The van der Waals surface area contributed by atoms with E-state index in [0.29, 0.717) is 17.4 Å². The van der Waals surface area contributed by atoms with Gasteiger partial charge in [0.05, 0.1) is 40.3 Å². The number of likely N-dealkylation sites (N-methyl/N-ethyl adjacent to an activating group) is 1. The molecule has 0 saturated heterocycles. The third-order valence-corrected chi connectivity index (χ3v) is 16.1. The van der Waals surface area contributed by atoms with Crippen molar-refractivity contribution in [3.8, 4) is 0 Å². The summed E-state index contributed by atoms with van der Waals surface area (Å²) in [6.07, 6.45) is 80.7. The molecule has 9 nitrogen and oxygen atoms in total. The fraction of sp³-hybridized carbons (Fsp3) is 0.851. The molecule has 2 unspecified atom stereocenters. The van der Waals surface area contributed by atoms with E-state index in [1.54, 1.807) is 0 Å². The molecule has 0 aromatic carbocycles. The van der Waals surface area contributed by atoms with Gasteiger partial charge in [-0.05, 0) is 51.4 Å². The van der Waals surface area contributed by atoms with Crippen molar-refractivity contribution >= 4 is 17.9 Å². The van der Waals surface area contributed by atoms with Crippen LogP contribution in [0.1, 0.15) is 348 Å². The van der Waals surface area contributed by atoms with Gasteiger partial charge in [0, 0.05) is 12.8 Å². The summed E-state index contributed by atoms with van der Waals surface area (Å²) < 4.78 is 22.8. The molecule has 0 saturated carbocycles. The molecule has 0 bridgehead atoms. The minimum atomic E-state index is -1.62. The molecule has 0 fully saturated rings. The topological polar surface area (TPSA) is 111 Å². The molecule has 0 aliphatic heterocycles. The molecule has 0 heterocycles. The van der Waals surface area contributed by atoms with Crippen molar-refractivity contribution in [3.05, 3.63) is 48.6 Å². The Kier molecular flexibility index (Phi) is 63.1. The van der Waals surface area contributed by atoms with Crippen LogP contribution in [-0.2, 0) is 33.3 Å². The zero-order valence-electron chi connectivity index (χ0n) is 55.6. The number of rotatable bonds is 67. The van der Waals surface area contributed by atoms with Gasteiger partial charge in [0.15, 0.2) is 12.4 Å². The minimum Gasteiger partial charge on any atom is -0.545 e. The van der Waals surface area contributed by atoms with Crippen molar-refractivity contribution in [3.63, 3.8) is 0 Å². The minimum absolute atomic E-state index is 0.151. The lowest BCUT2D eigenvalue weighted by Crippen LogP contribution is -2.44. The van der Waals surface area contributed by atoms with Gasteiger partial charge < -0.3 is 33.3 Å². The second-order valence-electron chi connectivity index (χ2n) is 25.5. The second-order valence-corrected chi connectivity index (χ2v) is 25.5. The van der Waals surface area contributed by atoms with E-state index in [-0.39, 0.29) is 32.2 Å². The fourth-order valence-corrected chi connectivity index (χ4v) is 10.7. The zero-order valence-corrected chi connectivity index (χ0v) is 55.6. The SMILES string of the molecule is CC/C=C\C/C=C\C/C=C\C/C=C\CCCCCCCCCCCCCCCCCCCCCCCCCCC(=O)OC(COC(=O)CCCCCCCCCCCCCCCCCCCCCCC)COC(OCC[N+](C)(C)C)C(=O)[O-].